The summed E-state index contributed by atoms with van der Waals surface area (Å²) < 4.78 is 5.46. The summed E-state index contributed by atoms with van der Waals surface area (Å²) in [5.41, 5.74) is 0.717. The van der Waals surface area contributed by atoms with Crippen LogP contribution < -0.4 is 4.90 Å². The third-order valence-electron chi connectivity index (χ3n) is 3.11. The lowest BCUT2D eigenvalue weighted by molar-refractivity contribution is -0.402. The van der Waals surface area contributed by atoms with Crippen LogP contribution in [0.1, 0.15) is 5.76 Å². The highest BCUT2D eigenvalue weighted by Crippen LogP contribution is 2.34. The number of thiocarbonyl (C=S) groups is 1. The number of para-hydroxylation sites is 1. The first-order valence-electron chi connectivity index (χ1n) is 6.80. The second-order valence-electron chi connectivity index (χ2n) is 4.67. The van der Waals surface area contributed by atoms with Gasteiger partial charge in [0.05, 0.1) is 16.7 Å². The molecule has 1 saturated heterocycles. The van der Waals surface area contributed by atoms with E-state index in [0.29, 0.717) is 20.7 Å². The molecule has 120 valence electrons. The van der Waals surface area contributed by atoms with Gasteiger partial charge in [-0.2, -0.15) is 0 Å². The van der Waals surface area contributed by atoms with Crippen LogP contribution in [0.5, 0.6) is 0 Å². The molecule has 3 rings (SSSR count). The van der Waals surface area contributed by atoms with Gasteiger partial charge in [0.15, 0.2) is 4.32 Å². The summed E-state index contributed by atoms with van der Waals surface area (Å²) in [6.07, 6.45) is 4.75. The first-order valence-corrected chi connectivity index (χ1v) is 8.02. The highest BCUT2D eigenvalue weighted by molar-refractivity contribution is 8.27. The lowest BCUT2D eigenvalue weighted by atomic mass is 10.3. The van der Waals surface area contributed by atoms with Gasteiger partial charge >= 0.3 is 5.88 Å². The van der Waals surface area contributed by atoms with E-state index in [9.17, 15) is 14.9 Å². The molecule has 8 heteroatoms. The van der Waals surface area contributed by atoms with Gasteiger partial charge in [-0.15, -0.1) is 0 Å². The number of hydrogen-bond acceptors (Lipinski definition) is 6. The van der Waals surface area contributed by atoms with E-state index in [-0.39, 0.29) is 11.8 Å². The van der Waals surface area contributed by atoms with Gasteiger partial charge in [-0.3, -0.25) is 19.8 Å². The zero-order valence-electron chi connectivity index (χ0n) is 12.1. The minimum atomic E-state index is -0.609. The summed E-state index contributed by atoms with van der Waals surface area (Å²) in [5.74, 6) is -0.201. The van der Waals surface area contributed by atoms with Gasteiger partial charge in [-0.25, -0.2) is 0 Å². The second-order valence-corrected chi connectivity index (χ2v) is 6.34. The van der Waals surface area contributed by atoms with Crippen molar-refractivity contribution in [2.75, 3.05) is 4.90 Å². The molecule has 1 aliphatic heterocycles. The predicted molar refractivity (Wildman–Crippen MR) is 96.6 cm³/mol. The third kappa shape index (κ3) is 3.29. The highest BCUT2D eigenvalue weighted by atomic mass is 32.2. The molecule has 6 nitrogen and oxygen atoms in total. The molecule has 1 aromatic carbocycles. The fourth-order valence-corrected chi connectivity index (χ4v) is 3.29. The molecular formula is C16H10N2O4S2. The van der Waals surface area contributed by atoms with E-state index in [0.717, 1.165) is 0 Å². The fourth-order valence-electron chi connectivity index (χ4n) is 2.04. The van der Waals surface area contributed by atoms with Crippen molar-refractivity contribution in [1.29, 1.82) is 0 Å². The summed E-state index contributed by atoms with van der Waals surface area (Å²) in [7, 11) is 0. The summed E-state index contributed by atoms with van der Waals surface area (Å²) in [6.45, 7) is 0. The van der Waals surface area contributed by atoms with Gasteiger partial charge in [0.2, 0.25) is 0 Å². The van der Waals surface area contributed by atoms with Gasteiger partial charge in [0.25, 0.3) is 5.91 Å². The van der Waals surface area contributed by atoms with Crippen LogP contribution in [-0.2, 0) is 4.79 Å². The molecule has 0 unspecified atom stereocenters. The monoisotopic (exact) mass is 358 g/mol. The Bertz CT molecular complexity index is 871. The van der Waals surface area contributed by atoms with Gasteiger partial charge < -0.3 is 4.42 Å². The van der Waals surface area contributed by atoms with Crippen LogP contribution in [0.15, 0.2) is 63.9 Å². The molecule has 0 saturated carbocycles. The number of anilines is 1. The van der Waals surface area contributed by atoms with E-state index in [2.05, 4.69) is 0 Å². The van der Waals surface area contributed by atoms with E-state index in [1.165, 1.54) is 28.8 Å². The van der Waals surface area contributed by atoms with Crippen LogP contribution in [-0.4, -0.2) is 15.2 Å². The van der Waals surface area contributed by atoms with Crippen LogP contribution in [0.4, 0.5) is 11.6 Å². The zero-order chi connectivity index (χ0) is 17.1. The maximum Gasteiger partial charge on any atom is 0.433 e. The first kappa shape index (κ1) is 16.2. The Hall–Kier alpha value is -2.71. The molecule has 1 aromatic heterocycles. The number of carbonyl (C=O) groups excluding carboxylic acids is 1. The molecule has 0 radical (unpaired) electrons. The predicted octanol–water partition coefficient (Wildman–Crippen LogP) is 4.15. The van der Waals surface area contributed by atoms with Crippen molar-refractivity contribution in [3.63, 3.8) is 0 Å². The molecule has 24 heavy (non-hydrogen) atoms. The van der Waals surface area contributed by atoms with E-state index in [4.69, 9.17) is 16.6 Å². The van der Waals surface area contributed by atoms with Crippen LogP contribution in [0, 0.1) is 10.1 Å². The quantitative estimate of drug-likeness (QED) is 0.354. The number of hydrogen-bond donors (Lipinski definition) is 0. The topological polar surface area (TPSA) is 76.6 Å². The average molecular weight is 358 g/mol. The standard InChI is InChI=1S/C16H10N2O4S2/c19-15-13(8-4-7-12-9-10-14(22-12)18(20)21)24-16(23)17(15)11-5-2-1-3-6-11/h1-10H/b7-4+,13-8-. The summed E-state index contributed by atoms with van der Waals surface area (Å²) in [6, 6.07) is 11.9. The summed E-state index contributed by atoms with van der Waals surface area (Å²) >= 11 is 6.46. The van der Waals surface area contributed by atoms with E-state index >= 15 is 0 Å². The number of nitrogens with zero attached hydrogens (tertiary/aromatic N) is 2. The van der Waals surface area contributed by atoms with Crippen molar-refractivity contribution < 1.29 is 14.1 Å². The number of thioether (sulfide) groups is 1. The maximum absolute atomic E-state index is 12.5. The van der Waals surface area contributed by atoms with Crippen molar-refractivity contribution in [1.82, 2.24) is 0 Å². The van der Waals surface area contributed by atoms with E-state index in [1.807, 2.05) is 30.3 Å². The van der Waals surface area contributed by atoms with Crippen molar-refractivity contribution in [2.24, 2.45) is 0 Å². The molecule has 0 bridgehead atoms. The van der Waals surface area contributed by atoms with Crippen molar-refractivity contribution in [3.8, 4) is 0 Å². The van der Waals surface area contributed by atoms with Gasteiger partial charge in [-0.1, -0.05) is 48.3 Å². The number of nitro groups is 1. The van der Waals surface area contributed by atoms with E-state index in [1.54, 1.807) is 18.2 Å². The molecular weight excluding hydrogens is 348 g/mol. The van der Waals surface area contributed by atoms with Crippen molar-refractivity contribution in [3.05, 3.63) is 75.4 Å². The van der Waals surface area contributed by atoms with Crippen LogP contribution in [0.3, 0.4) is 0 Å². The van der Waals surface area contributed by atoms with Gasteiger partial charge in [0.1, 0.15) is 10.7 Å². The molecule has 1 aliphatic rings. The average Bonchev–Trinajstić information content (AvgIpc) is 3.14. The largest absolute Gasteiger partial charge is 0.433 e. The molecule has 0 N–H and O–H groups in total. The summed E-state index contributed by atoms with van der Waals surface area (Å²) in [5, 5.41) is 10.6. The molecule has 0 atom stereocenters. The number of carbonyl (C=O) groups is 1. The summed E-state index contributed by atoms with van der Waals surface area (Å²) in [4.78, 5) is 24.3. The molecule has 1 fully saturated rings. The molecule has 2 aromatic rings. The molecule has 0 aliphatic carbocycles. The number of amides is 1. The van der Waals surface area contributed by atoms with Crippen LogP contribution >= 0.6 is 24.0 Å². The van der Waals surface area contributed by atoms with E-state index < -0.39 is 4.92 Å². The lowest BCUT2D eigenvalue weighted by Crippen LogP contribution is -2.27. The Labute approximate surface area is 146 Å². The number of allylic oxidation sites excluding steroid dienone is 2. The van der Waals surface area contributed by atoms with Crippen molar-refractivity contribution in [2.45, 2.75) is 0 Å². The molecule has 0 spiro atoms. The minimum Gasteiger partial charge on any atom is -0.401 e. The SMILES string of the molecule is O=C1/C(=C/C=C/c2ccc([N+](=O)[O-])o2)SC(=S)N1c1ccccc1. The minimum absolute atomic E-state index is 0.203. The Balaban J connectivity index is 1.76. The Morgan fingerprint density at radius 3 is 2.62 bits per heavy atom. The Morgan fingerprint density at radius 2 is 1.96 bits per heavy atom. The lowest BCUT2D eigenvalue weighted by Gasteiger charge is -2.13. The van der Waals surface area contributed by atoms with Crippen LogP contribution in [0.2, 0.25) is 0 Å². The maximum atomic E-state index is 12.5. The van der Waals surface area contributed by atoms with Gasteiger partial charge in [0, 0.05) is 0 Å². The molecule has 1 amide bonds. The fraction of sp³-hybridized carbons (Fsp3) is 0. The smallest absolute Gasteiger partial charge is 0.401 e. The number of rotatable bonds is 4. The van der Waals surface area contributed by atoms with Gasteiger partial charge in [-0.05, 0) is 30.4 Å². The number of furan rings is 1. The Kier molecular flexibility index (Phi) is 4.59. The second kappa shape index (κ2) is 6.81. The third-order valence-corrected chi connectivity index (χ3v) is 4.43. The Morgan fingerprint density at radius 1 is 1.21 bits per heavy atom. The van der Waals surface area contributed by atoms with Crippen LogP contribution in [0.25, 0.3) is 6.08 Å². The van der Waals surface area contributed by atoms with Crippen molar-refractivity contribution >= 4 is 51.9 Å². The molecule has 2 heterocycles. The zero-order valence-corrected chi connectivity index (χ0v) is 13.8. The first-order chi connectivity index (χ1) is 11.6. The highest BCUT2D eigenvalue weighted by Gasteiger charge is 2.32. The normalized spacial score (nSPS) is 16.5. The number of benzene rings is 1.